The first-order valence-electron chi connectivity index (χ1n) is 3.93. The van der Waals surface area contributed by atoms with Crippen molar-refractivity contribution in [3.05, 3.63) is 0 Å². The lowest BCUT2D eigenvalue weighted by Crippen LogP contribution is -2.21. The summed E-state index contributed by atoms with van der Waals surface area (Å²) < 4.78 is 27.4. The number of aliphatic hydroxyl groups excluding tert-OH is 2. The summed E-state index contributed by atoms with van der Waals surface area (Å²) in [5, 5.41) is 17.2. The zero-order valence-electron chi connectivity index (χ0n) is 7.83. The maximum Gasteiger partial charge on any atom is 0.122 e. The van der Waals surface area contributed by atoms with Crippen LogP contribution in [0.3, 0.4) is 0 Å². The number of aliphatic hydroxyl groups is 2. The zero-order chi connectivity index (χ0) is 9.07. The van der Waals surface area contributed by atoms with E-state index in [0.717, 1.165) is 0 Å². The zero-order valence-corrected chi connectivity index (χ0v) is 3.83. The summed E-state index contributed by atoms with van der Waals surface area (Å²) in [4.78, 5) is 0. The first-order chi connectivity index (χ1) is 4.92. The van der Waals surface area contributed by atoms with Gasteiger partial charge < -0.3 is 15.5 Å². The van der Waals surface area contributed by atoms with Crippen LogP contribution in [0.1, 0.15) is 4.11 Å². The van der Waals surface area contributed by atoms with Gasteiger partial charge >= 0.3 is 0 Å². The number of hydrogen-bond acceptors (Lipinski definition) is 3. The summed E-state index contributed by atoms with van der Waals surface area (Å²) in [7, 11) is 0. The molecule has 0 aromatic carbocycles. The van der Waals surface area contributed by atoms with Crippen LogP contribution in [0.5, 0.6) is 0 Å². The van der Waals surface area contributed by atoms with E-state index < -0.39 is 13.1 Å². The quantitative estimate of drug-likeness (QED) is 0.414. The predicted molar refractivity (Wildman–Crippen MR) is 27.0 cm³/mol. The average molecular weight is 109 g/mol. The fourth-order valence-electron chi connectivity index (χ4n) is 0.155. The van der Waals surface area contributed by atoms with Gasteiger partial charge in [-0.05, 0) is 0 Å². The van der Waals surface area contributed by atoms with Gasteiger partial charge in [-0.25, -0.2) is 0 Å². The summed E-state index contributed by atoms with van der Waals surface area (Å²) in [6.07, 6.45) is 0. The highest BCUT2D eigenvalue weighted by Gasteiger charge is 1.78. The molecule has 1 unspecified atom stereocenters. The minimum absolute atomic E-state index is 0.233. The van der Waals surface area contributed by atoms with E-state index in [-0.39, 0.29) is 13.2 Å². The molecule has 0 saturated carbocycles. The first kappa shape index (κ1) is 2.44. The van der Waals surface area contributed by atoms with E-state index in [4.69, 9.17) is 15.7 Å². The van der Waals surface area contributed by atoms with Gasteiger partial charge in [-0.1, -0.05) is 0 Å². The van der Waals surface area contributed by atoms with E-state index in [1.807, 2.05) is 0 Å². The lowest BCUT2D eigenvalue weighted by atomic mass is 10.6. The van der Waals surface area contributed by atoms with Crippen LogP contribution in [-0.4, -0.2) is 36.4 Å². The molecular formula is C4H11NO2. The summed E-state index contributed by atoms with van der Waals surface area (Å²) >= 11 is 0. The lowest BCUT2D eigenvalue weighted by molar-refractivity contribution is 0.267. The van der Waals surface area contributed by atoms with E-state index in [0.29, 0.717) is 5.31 Å². The van der Waals surface area contributed by atoms with E-state index in [1.54, 1.807) is 0 Å². The summed E-state index contributed by atoms with van der Waals surface area (Å²) in [6, 6.07) is 0. The summed E-state index contributed by atoms with van der Waals surface area (Å²) in [5.74, 6) is 0. The van der Waals surface area contributed by atoms with E-state index in [2.05, 4.69) is 0 Å². The maximum atomic E-state index is 8.53. The lowest BCUT2D eigenvalue weighted by Gasteiger charge is -1.94. The number of nitrogens with one attached hydrogen (secondary N) is 1. The van der Waals surface area contributed by atoms with Crippen molar-refractivity contribution in [2.24, 2.45) is 0 Å². The van der Waals surface area contributed by atoms with Crippen molar-refractivity contribution in [1.82, 2.24) is 5.31 Å². The number of hydrogen-bond donors (Lipinski definition) is 3. The maximum absolute atomic E-state index is 8.53. The van der Waals surface area contributed by atoms with Crippen molar-refractivity contribution in [3.8, 4) is 0 Å². The van der Waals surface area contributed by atoms with Crippen molar-refractivity contribution < 1.29 is 15.7 Å². The molecule has 0 fully saturated rings. The minimum atomic E-state index is -2.43. The highest BCUT2D eigenvalue weighted by atomic mass is 16.3. The molecule has 1 atom stereocenters. The molecule has 44 valence electrons. The number of rotatable bonds is 4. The molecule has 0 aliphatic heterocycles. The fraction of sp³-hybridized carbons (Fsp3) is 1.00. The predicted octanol–water partition coefficient (Wildman–Crippen LogP) is -1.44. The molecule has 0 bridgehead atoms. The van der Waals surface area contributed by atoms with Gasteiger partial charge in [0.25, 0.3) is 0 Å². The molecule has 0 saturated heterocycles. The van der Waals surface area contributed by atoms with Gasteiger partial charge in [0.1, 0.15) is 1.41 Å². The second-order valence-corrected chi connectivity index (χ2v) is 0.864. The molecule has 0 radical (unpaired) electrons. The van der Waals surface area contributed by atoms with Crippen molar-refractivity contribution in [3.63, 3.8) is 0 Å². The Hall–Kier alpha value is -0.120. The molecule has 3 nitrogen and oxygen atoms in total. The van der Waals surface area contributed by atoms with Crippen LogP contribution in [0.25, 0.3) is 0 Å². The molecule has 3 N–H and O–H groups in total. The van der Waals surface area contributed by atoms with Gasteiger partial charge in [-0.3, -0.25) is 0 Å². The Morgan fingerprint density at radius 1 is 1.71 bits per heavy atom. The Labute approximate surface area is 48.7 Å². The van der Waals surface area contributed by atoms with Crippen molar-refractivity contribution in [1.29, 1.82) is 0 Å². The SMILES string of the molecule is [2H]C(O)C([2H])([2H])N([2H])CCO. The topological polar surface area (TPSA) is 52.5 Å². The van der Waals surface area contributed by atoms with Crippen molar-refractivity contribution in [2.45, 2.75) is 0 Å². The van der Waals surface area contributed by atoms with Gasteiger partial charge in [0.15, 0.2) is 0 Å². The molecule has 0 amide bonds. The first-order valence-corrected chi connectivity index (χ1v) is 1.90. The van der Waals surface area contributed by atoms with Crippen molar-refractivity contribution in [2.75, 3.05) is 26.2 Å². The van der Waals surface area contributed by atoms with Crippen molar-refractivity contribution >= 4 is 0 Å². The van der Waals surface area contributed by atoms with Gasteiger partial charge in [0.05, 0.1) is 14.6 Å². The molecular weight excluding hydrogens is 94.0 g/mol. The third-order valence-corrected chi connectivity index (χ3v) is 0.361. The molecule has 0 heterocycles. The third kappa shape index (κ3) is 5.88. The van der Waals surface area contributed by atoms with Crippen LogP contribution < -0.4 is 5.31 Å². The molecule has 0 aromatic rings. The van der Waals surface area contributed by atoms with Crippen LogP contribution >= 0.6 is 0 Å². The Morgan fingerprint density at radius 3 is 2.86 bits per heavy atom. The molecule has 0 spiro atoms. The highest BCUT2D eigenvalue weighted by Crippen LogP contribution is 1.54. The van der Waals surface area contributed by atoms with Gasteiger partial charge in [0, 0.05) is 15.8 Å². The molecule has 3 heteroatoms. The monoisotopic (exact) mass is 109 g/mol. The Kier molecular flexibility index (Phi) is 2.05. The Morgan fingerprint density at radius 2 is 2.43 bits per heavy atom. The summed E-state index contributed by atoms with van der Waals surface area (Å²) in [5.41, 5.74) is 0. The third-order valence-electron chi connectivity index (χ3n) is 0.361. The van der Waals surface area contributed by atoms with Crippen LogP contribution in [0.4, 0.5) is 0 Å². The highest BCUT2D eigenvalue weighted by molar-refractivity contribution is 4.39. The van der Waals surface area contributed by atoms with E-state index in [1.165, 1.54) is 0 Å². The van der Waals surface area contributed by atoms with E-state index in [9.17, 15) is 0 Å². The minimum Gasteiger partial charge on any atom is -0.395 e. The van der Waals surface area contributed by atoms with Gasteiger partial charge in [-0.15, -0.1) is 0 Å². The average Bonchev–Trinajstić information content (AvgIpc) is 1.88. The smallest absolute Gasteiger partial charge is 0.122 e. The molecule has 0 aliphatic rings. The Balaban J connectivity index is 4.05. The van der Waals surface area contributed by atoms with Crippen LogP contribution in [0, 0.1) is 0 Å². The van der Waals surface area contributed by atoms with Crippen LogP contribution in [-0.2, 0) is 0 Å². The Bertz CT molecular complexity index is 121. The van der Waals surface area contributed by atoms with Crippen LogP contribution in [0.15, 0.2) is 0 Å². The molecule has 0 rings (SSSR count). The second-order valence-electron chi connectivity index (χ2n) is 0.864. The largest absolute Gasteiger partial charge is 0.395 e. The van der Waals surface area contributed by atoms with E-state index >= 15 is 0 Å². The molecule has 7 heavy (non-hydrogen) atoms. The van der Waals surface area contributed by atoms with Crippen LogP contribution in [0.2, 0.25) is 1.41 Å². The normalized spacial score (nSPS) is 25.0. The summed E-state index contributed by atoms with van der Waals surface area (Å²) in [6.45, 7) is -5.03. The fourth-order valence-corrected chi connectivity index (χ4v) is 0.155. The second kappa shape index (κ2) is 5.88. The van der Waals surface area contributed by atoms with Gasteiger partial charge in [-0.2, -0.15) is 0 Å². The van der Waals surface area contributed by atoms with Gasteiger partial charge in [0.2, 0.25) is 0 Å². The standard InChI is InChI=1S/C4H11NO2/c6-3-1-5-2-4-7/h5-7H,1-4H2/i1D2,3D/hD. The molecule has 0 aliphatic carbocycles. The molecule has 0 aromatic heterocycles.